The van der Waals surface area contributed by atoms with Gasteiger partial charge in [-0.2, -0.15) is 13.2 Å². The highest BCUT2D eigenvalue weighted by atomic mass is 19.4. The fraction of sp³-hybridized carbons (Fsp3) is 0.250. The molecule has 0 fully saturated rings. The summed E-state index contributed by atoms with van der Waals surface area (Å²) in [5, 5.41) is 6.20. The van der Waals surface area contributed by atoms with Crippen LogP contribution in [0.2, 0.25) is 0 Å². The maximum atomic E-state index is 12.4. The maximum Gasteiger partial charge on any atom is 0.452 e. The van der Waals surface area contributed by atoms with Crippen molar-refractivity contribution in [1.82, 2.24) is 10.5 Å². The molecule has 1 aromatic carbocycles. The number of nitrogens with zero attached hydrogens (tertiary/aromatic N) is 1. The molecule has 0 unspecified atom stereocenters. The first-order chi connectivity index (χ1) is 9.02. The van der Waals surface area contributed by atoms with Crippen LogP contribution < -0.4 is 10.1 Å². The predicted octanol–water partition coefficient (Wildman–Crippen LogP) is 2.92. The standard InChI is InChI=1S/C12H11F3N2O2/c1-16-7-18-10-5-3-2-4-8(10)9-6-11(19-17-9)12(13,14)15/h2-6,16H,7H2,1H3. The monoisotopic (exact) mass is 272 g/mol. The average molecular weight is 272 g/mol. The summed E-state index contributed by atoms with van der Waals surface area (Å²) < 4.78 is 47.0. The molecule has 0 aliphatic rings. The third kappa shape index (κ3) is 3.05. The fourth-order valence-electron chi connectivity index (χ4n) is 1.49. The lowest BCUT2D eigenvalue weighted by molar-refractivity contribution is -0.155. The van der Waals surface area contributed by atoms with Crippen molar-refractivity contribution in [3.63, 3.8) is 0 Å². The maximum absolute atomic E-state index is 12.4. The zero-order chi connectivity index (χ0) is 13.9. The van der Waals surface area contributed by atoms with E-state index in [0.29, 0.717) is 11.3 Å². The number of alkyl halides is 3. The summed E-state index contributed by atoms with van der Waals surface area (Å²) in [5.74, 6) is -0.704. The number of halogens is 3. The van der Waals surface area contributed by atoms with Gasteiger partial charge >= 0.3 is 6.18 Å². The number of aromatic nitrogens is 1. The Kier molecular flexibility index (Phi) is 3.75. The zero-order valence-electron chi connectivity index (χ0n) is 9.99. The van der Waals surface area contributed by atoms with Gasteiger partial charge in [-0.1, -0.05) is 17.3 Å². The summed E-state index contributed by atoms with van der Waals surface area (Å²) in [6.45, 7) is 0.237. The van der Waals surface area contributed by atoms with Crippen LogP contribution in [0.5, 0.6) is 5.75 Å². The molecule has 1 aromatic heterocycles. The van der Waals surface area contributed by atoms with Crippen molar-refractivity contribution in [3.8, 4) is 17.0 Å². The summed E-state index contributed by atoms with van der Waals surface area (Å²) in [6.07, 6.45) is -4.55. The van der Waals surface area contributed by atoms with Gasteiger partial charge < -0.3 is 9.26 Å². The number of hydrogen-bond acceptors (Lipinski definition) is 4. The van der Waals surface area contributed by atoms with E-state index in [2.05, 4.69) is 15.0 Å². The number of ether oxygens (including phenoxy) is 1. The van der Waals surface area contributed by atoms with Crippen molar-refractivity contribution in [2.45, 2.75) is 6.18 Å². The summed E-state index contributed by atoms with van der Waals surface area (Å²) >= 11 is 0. The molecule has 0 radical (unpaired) electrons. The van der Waals surface area contributed by atoms with Crippen LogP contribution in [0.1, 0.15) is 5.76 Å². The highest BCUT2D eigenvalue weighted by molar-refractivity contribution is 5.66. The Bertz CT molecular complexity index is 552. The molecule has 1 heterocycles. The molecule has 1 N–H and O–H groups in total. The number of rotatable bonds is 4. The minimum atomic E-state index is -4.55. The largest absolute Gasteiger partial charge is 0.478 e. The summed E-state index contributed by atoms with van der Waals surface area (Å²) in [4.78, 5) is 0. The van der Waals surface area contributed by atoms with Gasteiger partial charge in [0.1, 0.15) is 18.2 Å². The van der Waals surface area contributed by atoms with E-state index in [1.165, 1.54) is 0 Å². The van der Waals surface area contributed by atoms with Crippen LogP contribution in [0.15, 0.2) is 34.9 Å². The molecule has 19 heavy (non-hydrogen) atoms. The summed E-state index contributed by atoms with van der Waals surface area (Å²) in [6, 6.07) is 7.52. The van der Waals surface area contributed by atoms with Crippen molar-refractivity contribution in [3.05, 3.63) is 36.1 Å². The van der Waals surface area contributed by atoms with Gasteiger partial charge in [-0.3, -0.25) is 5.32 Å². The zero-order valence-corrected chi connectivity index (χ0v) is 9.99. The van der Waals surface area contributed by atoms with Crippen LogP contribution in [0.4, 0.5) is 13.2 Å². The number of para-hydroxylation sites is 1. The van der Waals surface area contributed by atoms with E-state index >= 15 is 0 Å². The van der Waals surface area contributed by atoms with Crippen LogP contribution in [-0.4, -0.2) is 18.9 Å². The van der Waals surface area contributed by atoms with Crippen molar-refractivity contribution in [1.29, 1.82) is 0 Å². The van der Waals surface area contributed by atoms with Crippen LogP contribution in [0, 0.1) is 0 Å². The quantitative estimate of drug-likeness (QED) is 0.869. The molecular weight excluding hydrogens is 261 g/mol. The minimum absolute atomic E-state index is 0.0824. The van der Waals surface area contributed by atoms with E-state index in [0.717, 1.165) is 6.07 Å². The van der Waals surface area contributed by atoms with Gasteiger partial charge in [0, 0.05) is 11.6 Å². The van der Waals surface area contributed by atoms with E-state index in [1.807, 2.05) is 0 Å². The fourth-order valence-corrected chi connectivity index (χ4v) is 1.49. The molecule has 102 valence electrons. The molecule has 0 aliphatic carbocycles. The Balaban J connectivity index is 2.33. The van der Waals surface area contributed by atoms with Crippen LogP contribution >= 0.6 is 0 Å². The van der Waals surface area contributed by atoms with Gasteiger partial charge in [0.15, 0.2) is 0 Å². The topological polar surface area (TPSA) is 47.3 Å². The molecule has 0 bridgehead atoms. The van der Waals surface area contributed by atoms with E-state index < -0.39 is 11.9 Å². The highest BCUT2D eigenvalue weighted by Gasteiger charge is 2.36. The molecule has 4 nitrogen and oxygen atoms in total. The second-order valence-corrected chi connectivity index (χ2v) is 3.71. The van der Waals surface area contributed by atoms with Gasteiger partial charge in [0.2, 0.25) is 5.76 Å². The number of nitrogens with one attached hydrogen (secondary N) is 1. The predicted molar refractivity (Wildman–Crippen MR) is 61.5 cm³/mol. The normalized spacial score (nSPS) is 11.6. The third-order valence-electron chi connectivity index (χ3n) is 2.32. The van der Waals surface area contributed by atoms with Gasteiger partial charge in [0.25, 0.3) is 0 Å². The molecular formula is C12H11F3N2O2. The minimum Gasteiger partial charge on any atom is -0.478 e. The molecule has 7 heteroatoms. The Hall–Kier alpha value is -2.02. The molecule has 0 saturated carbocycles. The van der Waals surface area contributed by atoms with Crippen LogP contribution in [0.3, 0.4) is 0 Å². The molecule has 0 saturated heterocycles. The SMILES string of the molecule is CNCOc1ccccc1-c1cc(C(F)(F)F)on1. The number of benzene rings is 1. The van der Waals surface area contributed by atoms with E-state index in [4.69, 9.17) is 4.74 Å². The van der Waals surface area contributed by atoms with E-state index in [9.17, 15) is 13.2 Å². The van der Waals surface area contributed by atoms with Gasteiger partial charge in [-0.25, -0.2) is 0 Å². The molecule has 0 amide bonds. The van der Waals surface area contributed by atoms with Crippen molar-refractivity contribution >= 4 is 0 Å². The van der Waals surface area contributed by atoms with Gasteiger partial charge in [-0.05, 0) is 19.2 Å². The lowest BCUT2D eigenvalue weighted by atomic mass is 10.1. The number of hydrogen-bond donors (Lipinski definition) is 1. The Morgan fingerprint density at radius 1 is 1.32 bits per heavy atom. The second kappa shape index (κ2) is 5.31. The Morgan fingerprint density at radius 2 is 2.05 bits per heavy atom. The van der Waals surface area contributed by atoms with Crippen molar-refractivity contribution in [2.75, 3.05) is 13.8 Å². The van der Waals surface area contributed by atoms with Gasteiger partial charge in [-0.15, -0.1) is 0 Å². The molecule has 0 spiro atoms. The van der Waals surface area contributed by atoms with E-state index in [-0.39, 0.29) is 12.4 Å². The molecule has 2 rings (SSSR count). The first kappa shape index (κ1) is 13.4. The smallest absolute Gasteiger partial charge is 0.452 e. The molecule has 2 aromatic rings. The van der Waals surface area contributed by atoms with Crippen LogP contribution in [-0.2, 0) is 6.18 Å². The lowest BCUT2D eigenvalue weighted by Gasteiger charge is -2.08. The van der Waals surface area contributed by atoms with Crippen molar-refractivity contribution in [2.24, 2.45) is 0 Å². The van der Waals surface area contributed by atoms with Gasteiger partial charge in [0.05, 0.1) is 0 Å². The molecule has 0 atom stereocenters. The summed E-state index contributed by atoms with van der Waals surface area (Å²) in [5.41, 5.74) is 0.524. The lowest BCUT2D eigenvalue weighted by Crippen LogP contribution is -2.14. The highest BCUT2D eigenvalue weighted by Crippen LogP contribution is 2.34. The third-order valence-corrected chi connectivity index (χ3v) is 2.32. The Morgan fingerprint density at radius 3 is 2.68 bits per heavy atom. The first-order valence-corrected chi connectivity index (χ1v) is 5.43. The first-order valence-electron chi connectivity index (χ1n) is 5.43. The molecule has 0 aliphatic heterocycles. The second-order valence-electron chi connectivity index (χ2n) is 3.71. The average Bonchev–Trinajstić information content (AvgIpc) is 2.86. The Labute approximate surface area is 107 Å². The van der Waals surface area contributed by atoms with Crippen molar-refractivity contribution < 1.29 is 22.4 Å². The van der Waals surface area contributed by atoms with Crippen LogP contribution in [0.25, 0.3) is 11.3 Å². The van der Waals surface area contributed by atoms with E-state index in [1.54, 1.807) is 31.3 Å². The summed E-state index contributed by atoms with van der Waals surface area (Å²) in [7, 11) is 1.69.